The third kappa shape index (κ3) is 4.07. The van der Waals surface area contributed by atoms with Crippen LogP contribution in [0.3, 0.4) is 0 Å². The number of hydrogen-bond acceptors (Lipinski definition) is 6. The molecule has 3 N–H and O–H groups in total. The lowest BCUT2D eigenvalue weighted by atomic mass is 10.1. The molecule has 2 aliphatic heterocycles. The number of rotatable bonds is 5. The van der Waals surface area contributed by atoms with Gasteiger partial charge in [-0.1, -0.05) is 30.3 Å². The second kappa shape index (κ2) is 8.14. The van der Waals surface area contributed by atoms with Crippen molar-refractivity contribution in [1.82, 2.24) is 25.9 Å². The molecule has 10 heteroatoms. The Balaban J connectivity index is 1.73. The van der Waals surface area contributed by atoms with Gasteiger partial charge >= 0.3 is 17.8 Å². The lowest BCUT2D eigenvalue weighted by Crippen LogP contribution is -2.61. The maximum absolute atomic E-state index is 12.6. The number of likely N-dealkylation sites (N-methyl/N-ethyl adjacent to an activating group) is 1. The summed E-state index contributed by atoms with van der Waals surface area (Å²) in [5.41, 5.74) is 3.11. The van der Waals surface area contributed by atoms with Crippen LogP contribution in [0.2, 0.25) is 0 Å². The molecule has 27 heavy (non-hydrogen) atoms. The Hall–Kier alpha value is -2.98. The van der Waals surface area contributed by atoms with E-state index in [-0.39, 0.29) is 19.3 Å². The van der Waals surface area contributed by atoms with Gasteiger partial charge in [0.05, 0.1) is 0 Å². The first kappa shape index (κ1) is 18.8. The molecule has 2 atom stereocenters. The molecule has 2 aliphatic rings. The zero-order chi connectivity index (χ0) is 19.4. The summed E-state index contributed by atoms with van der Waals surface area (Å²) in [5.74, 6) is -2.08. The molecule has 2 saturated heterocycles. The highest BCUT2D eigenvalue weighted by Crippen LogP contribution is 2.15. The van der Waals surface area contributed by atoms with E-state index in [4.69, 9.17) is 4.84 Å². The van der Waals surface area contributed by atoms with Crippen molar-refractivity contribution >= 4 is 23.8 Å². The van der Waals surface area contributed by atoms with Gasteiger partial charge in [-0.15, -0.1) is 0 Å². The Morgan fingerprint density at radius 2 is 1.93 bits per heavy atom. The molecule has 144 valence electrons. The molecule has 0 bridgehead atoms. The van der Waals surface area contributed by atoms with Crippen LogP contribution < -0.4 is 16.1 Å². The standard InChI is InChI=1S/C17H21N5O5/c1-2-21-8-9-22(16(25)15(21)24)17(26)19-13(11-6-4-3-5-7-11)14(23)18-12-10-27-20-12/h3-7,12-13,20H,2,8-10H2,1H3,(H,18,23)(H,19,26). The predicted molar refractivity (Wildman–Crippen MR) is 92.7 cm³/mol. The number of nitrogens with zero attached hydrogens (tertiary/aromatic N) is 2. The summed E-state index contributed by atoms with van der Waals surface area (Å²) in [6.45, 7) is 2.80. The molecule has 1 aromatic carbocycles. The second-order valence-corrected chi connectivity index (χ2v) is 6.12. The smallest absolute Gasteiger partial charge is 0.325 e. The molecule has 5 amide bonds. The first-order valence-corrected chi connectivity index (χ1v) is 8.65. The number of urea groups is 1. The molecule has 10 nitrogen and oxygen atoms in total. The number of imide groups is 1. The van der Waals surface area contributed by atoms with Gasteiger partial charge in [-0.3, -0.25) is 24.1 Å². The zero-order valence-electron chi connectivity index (χ0n) is 14.8. The summed E-state index contributed by atoms with van der Waals surface area (Å²) in [7, 11) is 0. The summed E-state index contributed by atoms with van der Waals surface area (Å²) in [6, 6.07) is 6.84. The highest BCUT2D eigenvalue weighted by Gasteiger charge is 2.37. The number of piperazine rings is 1. The first-order chi connectivity index (χ1) is 13.0. The van der Waals surface area contributed by atoms with Crippen molar-refractivity contribution in [1.29, 1.82) is 0 Å². The third-order valence-electron chi connectivity index (χ3n) is 4.39. The maximum atomic E-state index is 12.6. The van der Waals surface area contributed by atoms with E-state index in [2.05, 4.69) is 16.1 Å². The van der Waals surface area contributed by atoms with Crippen LogP contribution in [0.15, 0.2) is 30.3 Å². The third-order valence-corrected chi connectivity index (χ3v) is 4.39. The van der Waals surface area contributed by atoms with Gasteiger partial charge in [-0.2, -0.15) is 5.48 Å². The molecule has 1 aromatic rings. The molecular formula is C17H21N5O5. The van der Waals surface area contributed by atoms with Crippen LogP contribution >= 0.6 is 0 Å². The van der Waals surface area contributed by atoms with Crippen molar-refractivity contribution in [2.24, 2.45) is 0 Å². The van der Waals surface area contributed by atoms with Gasteiger partial charge in [0, 0.05) is 19.6 Å². The summed E-state index contributed by atoms with van der Waals surface area (Å²) in [4.78, 5) is 56.4. The monoisotopic (exact) mass is 375 g/mol. The van der Waals surface area contributed by atoms with Crippen LogP contribution in [0.1, 0.15) is 18.5 Å². The Kier molecular flexibility index (Phi) is 5.67. The number of carbonyl (C=O) groups is 4. The Morgan fingerprint density at radius 1 is 1.22 bits per heavy atom. The van der Waals surface area contributed by atoms with E-state index >= 15 is 0 Å². The van der Waals surface area contributed by atoms with Crippen molar-refractivity contribution in [3.05, 3.63) is 35.9 Å². The molecule has 3 rings (SSSR count). The Morgan fingerprint density at radius 3 is 2.52 bits per heavy atom. The van der Waals surface area contributed by atoms with Gasteiger partial charge in [0.2, 0.25) is 5.91 Å². The minimum absolute atomic E-state index is 0.0748. The van der Waals surface area contributed by atoms with E-state index in [0.717, 1.165) is 4.90 Å². The largest absolute Gasteiger partial charge is 0.334 e. The van der Waals surface area contributed by atoms with Crippen molar-refractivity contribution < 1.29 is 24.0 Å². The Labute approximate surface area is 155 Å². The van der Waals surface area contributed by atoms with E-state index in [1.165, 1.54) is 4.90 Å². The number of carbonyl (C=O) groups excluding carboxylic acids is 4. The van der Waals surface area contributed by atoms with Crippen molar-refractivity contribution in [3.63, 3.8) is 0 Å². The molecule has 2 fully saturated rings. The van der Waals surface area contributed by atoms with Crippen LogP contribution in [0.25, 0.3) is 0 Å². The lowest BCUT2D eigenvalue weighted by Gasteiger charge is -2.33. The highest BCUT2D eigenvalue weighted by atomic mass is 16.7. The average molecular weight is 375 g/mol. The number of nitrogens with one attached hydrogen (secondary N) is 3. The molecule has 2 unspecified atom stereocenters. The normalized spacial score (nSPS) is 20.7. The summed E-state index contributed by atoms with van der Waals surface area (Å²) in [6.07, 6.45) is -0.350. The fourth-order valence-electron chi connectivity index (χ4n) is 2.81. The van der Waals surface area contributed by atoms with Gasteiger partial charge in [0.25, 0.3) is 0 Å². The minimum atomic E-state index is -1.02. The molecule has 0 spiro atoms. The fourth-order valence-corrected chi connectivity index (χ4v) is 2.81. The van der Waals surface area contributed by atoms with E-state index in [1.54, 1.807) is 37.3 Å². The molecule has 2 heterocycles. The van der Waals surface area contributed by atoms with Crippen molar-refractivity contribution in [2.45, 2.75) is 19.1 Å². The minimum Gasteiger partial charge on any atom is -0.334 e. The molecule has 0 aromatic heterocycles. The average Bonchev–Trinajstić information content (AvgIpc) is 2.65. The number of amides is 5. The maximum Gasteiger partial charge on any atom is 0.325 e. The lowest BCUT2D eigenvalue weighted by molar-refractivity contribution is -0.153. The van der Waals surface area contributed by atoms with E-state index in [9.17, 15) is 19.2 Å². The summed E-state index contributed by atoms with van der Waals surface area (Å²) in [5, 5.41) is 5.25. The van der Waals surface area contributed by atoms with Crippen LogP contribution in [-0.4, -0.2) is 66.0 Å². The zero-order valence-corrected chi connectivity index (χ0v) is 14.8. The van der Waals surface area contributed by atoms with Gasteiger partial charge in [-0.05, 0) is 12.5 Å². The van der Waals surface area contributed by atoms with E-state index in [1.807, 2.05) is 0 Å². The van der Waals surface area contributed by atoms with Gasteiger partial charge in [-0.25, -0.2) is 4.79 Å². The quantitative estimate of drug-likeness (QED) is 0.574. The van der Waals surface area contributed by atoms with Crippen LogP contribution in [0.4, 0.5) is 4.79 Å². The summed E-state index contributed by atoms with van der Waals surface area (Å²) >= 11 is 0. The van der Waals surface area contributed by atoms with Crippen LogP contribution in [0, 0.1) is 0 Å². The topological polar surface area (TPSA) is 120 Å². The first-order valence-electron chi connectivity index (χ1n) is 8.65. The predicted octanol–water partition coefficient (Wildman–Crippen LogP) is -0.895. The molecular weight excluding hydrogens is 354 g/mol. The van der Waals surface area contributed by atoms with E-state index in [0.29, 0.717) is 18.7 Å². The van der Waals surface area contributed by atoms with Crippen LogP contribution in [0.5, 0.6) is 0 Å². The fraction of sp³-hybridized carbons (Fsp3) is 0.412. The highest BCUT2D eigenvalue weighted by molar-refractivity contribution is 6.38. The molecule has 0 radical (unpaired) electrons. The van der Waals surface area contributed by atoms with Crippen LogP contribution in [-0.2, 0) is 19.2 Å². The number of benzene rings is 1. The van der Waals surface area contributed by atoms with Crippen molar-refractivity contribution in [2.75, 3.05) is 26.2 Å². The Bertz CT molecular complexity index is 736. The van der Waals surface area contributed by atoms with Gasteiger partial charge < -0.3 is 15.5 Å². The molecule has 0 saturated carbocycles. The number of hydroxylamine groups is 1. The van der Waals surface area contributed by atoms with E-state index < -0.39 is 29.8 Å². The SMILES string of the molecule is CCN1CCN(C(=O)NC(C(=O)NC2CON2)c2ccccc2)C(=O)C1=O. The van der Waals surface area contributed by atoms with Crippen molar-refractivity contribution in [3.8, 4) is 0 Å². The number of hydrogen-bond donors (Lipinski definition) is 3. The summed E-state index contributed by atoms with van der Waals surface area (Å²) < 4.78 is 0. The van der Waals surface area contributed by atoms with Gasteiger partial charge in [0.1, 0.15) is 18.8 Å². The van der Waals surface area contributed by atoms with Gasteiger partial charge in [0.15, 0.2) is 0 Å². The second-order valence-electron chi connectivity index (χ2n) is 6.12. The molecule has 0 aliphatic carbocycles.